The average Bonchev–Trinajstić information content (AvgIpc) is 3.24. The Morgan fingerprint density at radius 1 is 1.11 bits per heavy atom. The molecule has 2 saturated heterocycles. The maximum Gasteiger partial charge on any atom is 0.391 e. The summed E-state index contributed by atoms with van der Waals surface area (Å²) in [5, 5.41) is 6.72. The molecule has 2 aromatic rings. The van der Waals surface area contributed by atoms with Gasteiger partial charge in [-0.3, -0.25) is 24.8 Å². The lowest BCUT2D eigenvalue weighted by molar-refractivity contribution is -0.184. The second-order valence-electron chi connectivity index (χ2n) is 10.5. The van der Waals surface area contributed by atoms with Gasteiger partial charge >= 0.3 is 12.2 Å². The van der Waals surface area contributed by atoms with Crippen LogP contribution in [0.1, 0.15) is 44.6 Å². The maximum atomic E-state index is 13.0. The summed E-state index contributed by atoms with van der Waals surface area (Å²) in [5.74, 6) is -1.04. The van der Waals surface area contributed by atoms with E-state index in [1.165, 1.54) is 0 Å². The van der Waals surface area contributed by atoms with Crippen LogP contribution < -0.4 is 10.2 Å². The molecule has 1 aliphatic carbocycles. The number of piperazine rings is 1. The molecule has 3 fully saturated rings. The minimum Gasteiger partial charge on any atom is -0.298 e. The van der Waals surface area contributed by atoms with Gasteiger partial charge in [0.25, 0.3) is 0 Å². The third kappa shape index (κ3) is 5.36. The zero-order chi connectivity index (χ0) is 25.4. The van der Waals surface area contributed by atoms with Crippen LogP contribution in [-0.2, 0) is 11.3 Å². The molecule has 0 radical (unpaired) electrons. The summed E-state index contributed by atoms with van der Waals surface area (Å²) in [6.07, 6.45) is 1.59. The van der Waals surface area contributed by atoms with Gasteiger partial charge in [-0.05, 0) is 56.2 Å². The van der Waals surface area contributed by atoms with Crippen LogP contribution in [0.15, 0.2) is 24.5 Å². The summed E-state index contributed by atoms with van der Waals surface area (Å²) >= 11 is 0. The Balaban J connectivity index is 1.17. The summed E-state index contributed by atoms with van der Waals surface area (Å²) in [4.78, 5) is 30.2. The fraction of sp³-hybridized carbons (Fsp3) is 0.640. The number of aromatic nitrogens is 2. The van der Waals surface area contributed by atoms with Crippen molar-refractivity contribution in [2.24, 2.45) is 11.8 Å². The molecule has 2 aliphatic heterocycles. The van der Waals surface area contributed by atoms with Crippen LogP contribution in [0, 0.1) is 11.8 Å². The molecule has 4 heterocycles. The topological polar surface area (TPSA) is 73.2 Å². The van der Waals surface area contributed by atoms with Crippen molar-refractivity contribution in [2.45, 2.75) is 57.8 Å². The lowest BCUT2D eigenvalue weighted by Gasteiger charge is -2.42. The molecule has 8 nitrogen and oxygen atoms in total. The van der Waals surface area contributed by atoms with Gasteiger partial charge in [0.15, 0.2) is 0 Å². The second kappa shape index (κ2) is 10.0. The molecular weight excluding hydrogens is 473 g/mol. The summed E-state index contributed by atoms with van der Waals surface area (Å²) in [7, 11) is 0. The lowest BCUT2D eigenvalue weighted by Crippen LogP contribution is -2.52. The zero-order valence-corrected chi connectivity index (χ0v) is 20.5. The number of hydrogen-bond donors (Lipinski definition) is 1. The molecule has 3 amide bonds. The molecule has 2 aromatic heterocycles. The Morgan fingerprint density at radius 2 is 1.89 bits per heavy atom. The summed E-state index contributed by atoms with van der Waals surface area (Å²) in [5.41, 5.74) is 2.61. The molecule has 3 aliphatic rings. The number of carbonyl (C=O) groups is 2. The van der Waals surface area contributed by atoms with Crippen molar-refractivity contribution in [1.82, 2.24) is 24.7 Å². The van der Waals surface area contributed by atoms with E-state index in [2.05, 4.69) is 27.1 Å². The molecule has 1 atom stereocenters. The summed E-state index contributed by atoms with van der Waals surface area (Å²) < 4.78 is 40.7. The number of rotatable bonds is 5. The van der Waals surface area contributed by atoms with Gasteiger partial charge in [-0.15, -0.1) is 0 Å². The predicted molar refractivity (Wildman–Crippen MR) is 129 cm³/mol. The molecular formula is C25H33F3N6O2. The maximum absolute atomic E-state index is 13.0. The minimum atomic E-state index is -4.05. The highest BCUT2D eigenvalue weighted by atomic mass is 19.4. The van der Waals surface area contributed by atoms with Gasteiger partial charge < -0.3 is 0 Å². The quantitative estimate of drug-likeness (QED) is 0.670. The average molecular weight is 507 g/mol. The van der Waals surface area contributed by atoms with Crippen molar-refractivity contribution < 1.29 is 22.8 Å². The largest absolute Gasteiger partial charge is 0.391 e. The molecule has 0 bridgehead atoms. The van der Waals surface area contributed by atoms with Crippen LogP contribution in [0.5, 0.6) is 0 Å². The van der Waals surface area contributed by atoms with E-state index in [-0.39, 0.29) is 25.2 Å². The molecule has 0 unspecified atom stereocenters. The number of nitrogens with one attached hydrogen (secondary N) is 1. The molecule has 0 spiro atoms. The van der Waals surface area contributed by atoms with Crippen molar-refractivity contribution in [3.05, 3.63) is 30.1 Å². The van der Waals surface area contributed by atoms with E-state index in [1.54, 1.807) is 15.6 Å². The van der Waals surface area contributed by atoms with E-state index in [0.29, 0.717) is 37.0 Å². The van der Waals surface area contributed by atoms with E-state index in [1.807, 2.05) is 18.3 Å². The second-order valence-corrected chi connectivity index (χ2v) is 10.5. The molecule has 5 rings (SSSR count). The lowest BCUT2D eigenvalue weighted by atomic mass is 9.81. The fourth-order valence-corrected chi connectivity index (χ4v) is 5.86. The predicted octanol–water partition coefficient (Wildman–Crippen LogP) is 3.66. The van der Waals surface area contributed by atoms with Crippen molar-refractivity contribution in [2.75, 3.05) is 37.6 Å². The van der Waals surface area contributed by atoms with Crippen LogP contribution in [0.25, 0.3) is 5.52 Å². The van der Waals surface area contributed by atoms with E-state index in [0.717, 1.165) is 43.8 Å². The van der Waals surface area contributed by atoms with Gasteiger partial charge in [-0.25, -0.2) is 9.31 Å². The third-order valence-electron chi connectivity index (χ3n) is 7.97. The van der Waals surface area contributed by atoms with E-state index < -0.39 is 18.1 Å². The van der Waals surface area contributed by atoms with Crippen LogP contribution in [0.4, 0.5) is 23.7 Å². The first-order valence-electron chi connectivity index (χ1n) is 12.8. The highest BCUT2D eigenvalue weighted by Crippen LogP contribution is 2.40. The number of alkyl halides is 3. The van der Waals surface area contributed by atoms with Gasteiger partial charge in [0.2, 0.25) is 5.91 Å². The third-order valence-corrected chi connectivity index (χ3v) is 7.97. The zero-order valence-electron chi connectivity index (χ0n) is 20.5. The van der Waals surface area contributed by atoms with E-state index >= 15 is 0 Å². The van der Waals surface area contributed by atoms with Gasteiger partial charge in [-0.1, -0.05) is 0 Å². The van der Waals surface area contributed by atoms with Crippen LogP contribution in [0.3, 0.4) is 0 Å². The highest BCUT2D eigenvalue weighted by molar-refractivity contribution is 6.07. The number of hydrogen-bond acceptors (Lipinski definition) is 5. The standard InChI is InChI=1S/C25H33F3N6O2/c1-17-14-31(10-11-32(17)16-18-2-4-20(5-3-18)25(26,27)28)15-19-6-9-34-21(12-19)22(13-29-34)33-8-7-23(35)30-24(33)36/h6,9,12-13,17-18,20H,2-5,7-8,10-11,14-16H2,1H3,(H,30,35,36)/t17-,18-,20-/m0/s1. The first kappa shape index (κ1) is 25.0. The fourth-order valence-electron chi connectivity index (χ4n) is 5.86. The minimum absolute atomic E-state index is 0.259. The normalized spacial score (nSPS) is 27.0. The van der Waals surface area contributed by atoms with Crippen molar-refractivity contribution in [1.29, 1.82) is 0 Å². The number of amides is 3. The van der Waals surface area contributed by atoms with Crippen molar-refractivity contribution >= 4 is 23.1 Å². The SMILES string of the molecule is C[C@H]1CN(Cc2ccn3ncc(N4CCC(=O)NC4=O)c3c2)CCN1C[C@H]1CC[C@H](C(F)(F)F)CC1. The van der Waals surface area contributed by atoms with Crippen LogP contribution in [-0.4, -0.2) is 76.3 Å². The van der Waals surface area contributed by atoms with Crippen molar-refractivity contribution in [3.8, 4) is 0 Å². The number of fused-ring (bicyclic) bond motifs is 1. The molecule has 1 N–H and O–H groups in total. The molecule has 0 aromatic carbocycles. The van der Waals surface area contributed by atoms with Crippen LogP contribution in [0.2, 0.25) is 0 Å². The smallest absolute Gasteiger partial charge is 0.298 e. The Labute approximate surface area is 208 Å². The number of halogens is 3. The Morgan fingerprint density at radius 3 is 2.58 bits per heavy atom. The Bertz CT molecular complexity index is 1110. The first-order chi connectivity index (χ1) is 17.2. The number of imide groups is 1. The van der Waals surface area contributed by atoms with Crippen molar-refractivity contribution in [3.63, 3.8) is 0 Å². The summed E-state index contributed by atoms with van der Waals surface area (Å²) in [6, 6.07) is 3.98. The van der Waals surface area contributed by atoms with E-state index in [4.69, 9.17) is 0 Å². The van der Waals surface area contributed by atoms with Gasteiger partial charge in [-0.2, -0.15) is 18.3 Å². The molecule has 36 heavy (non-hydrogen) atoms. The molecule has 1 saturated carbocycles. The summed E-state index contributed by atoms with van der Waals surface area (Å²) in [6.45, 7) is 6.87. The van der Waals surface area contributed by atoms with Gasteiger partial charge in [0.1, 0.15) is 0 Å². The molecule has 196 valence electrons. The van der Waals surface area contributed by atoms with Gasteiger partial charge in [0.05, 0.1) is 23.3 Å². The van der Waals surface area contributed by atoms with E-state index in [9.17, 15) is 22.8 Å². The number of carbonyl (C=O) groups excluding carboxylic acids is 2. The monoisotopic (exact) mass is 506 g/mol. The van der Waals surface area contributed by atoms with Gasteiger partial charge in [0, 0.05) is 57.9 Å². The Kier molecular flexibility index (Phi) is 6.95. The Hall–Kier alpha value is -2.66. The first-order valence-corrected chi connectivity index (χ1v) is 12.8. The highest BCUT2D eigenvalue weighted by Gasteiger charge is 2.41. The number of pyridine rings is 1. The number of urea groups is 1. The number of anilines is 1. The molecule has 11 heteroatoms. The van der Waals surface area contributed by atoms with Crippen LogP contribution >= 0.6 is 0 Å². The number of nitrogens with zero attached hydrogens (tertiary/aromatic N) is 5.